The highest BCUT2D eigenvalue weighted by Gasteiger charge is 2.24. The zero-order chi connectivity index (χ0) is 15.1. The Bertz CT molecular complexity index is 564. The Kier molecular flexibility index (Phi) is 5.83. The number of hydrogen-bond acceptors (Lipinski definition) is 4. The molecule has 6 nitrogen and oxygen atoms in total. The summed E-state index contributed by atoms with van der Waals surface area (Å²) in [6.45, 7) is 8.42. The number of rotatable bonds is 0. The van der Waals surface area contributed by atoms with E-state index in [0.29, 0.717) is 17.9 Å². The summed E-state index contributed by atoms with van der Waals surface area (Å²) in [4.78, 5) is 13.6. The topological polar surface area (TPSA) is 63.9 Å². The maximum atomic E-state index is 12.0. The Morgan fingerprint density at radius 1 is 1.10 bits per heavy atom. The van der Waals surface area contributed by atoms with Crippen LogP contribution in [0.25, 0.3) is 5.69 Å². The van der Waals surface area contributed by atoms with Crippen molar-refractivity contribution in [3.63, 3.8) is 0 Å². The average molecular weight is 275 g/mol. The SMILES string of the molecule is CC.CC.CN1Cc2nnnn2-c2ccccc2C1=O. The Morgan fingerprint density at radius 2 is 1.75 bits per heavy atom. The Balaban J connectivity index is 0.000000461. The Morgan fingerprint density at radius 3 is 2.45 bits per heavy atom. The van der Waals surface area contributed by atoms with Crippen LogP contribution in [0.2, 0.25) is 0 Å². The monoisotopic (exact) mass is 275 g/mol. The molecule has 0 aliphatic carbocycles. The van der Waals surface area contributed by atoms with E-state index in [1.165, 1.54) is 0 Å². The lowest BCUT2D eigenvalue weighted by molar-refractivity contribution is 0.0786. The van der Waals surface area contributed by atoms with Gasteiger partial charge in [0.15, 0.2) is 5.82 Å². The highest BCUT2D eigenvalue weighted by atomic mass is 16.2. The van der Waals surface area contributed by atoms with Gasteiger partial charge in [0, 0.05) is 7.05 Å². The van der Waals surface area contributed by atoms with Crippen molar-refractivity contribution < 1.29 is 4.79 Å². The van der Waals surface area contributed by atoms with Gasteiger partial charge >= 0.3 is 0 Å². The van der Waals surface area contributed by atoms with E-state index in [0.717, 1.165) is 5.69 Å². The first kappa shape index (κ1) is 15.8. The summed E-state index contributed by atoms with van der Waals surface area (Å²) in [7, 11) is 1.74. The third-order valence-electron chi connectivity index (χ3n) is 2.62. The van der Waals surface area contributed by atoms with Crippen molar-refractivity contribution in [3.8, 4) is 5.69 Å². The summed E-state index contributed by atoms with van der Waals surface area (Å²) in [6.07, 6.45) is 0. The second-order valence-corrected chi connectivity index (χ2v) is 3.69. The number of amides is 1. The molecular weight excluding hydrogens is 254 g/mol. The van der Waals surface area contributed by atoms with Gasteiger partial charge in [0.05, 0.1) is 17.8 Å². The van der Waals surface area contributed by atoms with Gasteiger partial charge < -0.3 is 4.90 Å². The minimum atomic E-state index is -0.0251. The molecule has 108 valence electrons. The number of hydrogen-bond donors (Lipinski definition) is 0. The highest BCUT2D eigenvalue weighted by molar-refractivity contribution is 5.98. The fraction of sp³-hybridized carbons (Fsp3) is 0.429. The van der Waals surface area contributed by atoms with E-state index in [9.17, 15) is 4.79 Å². The molecule has 0 spiro atoms. The van der Waals surface area contributed by atoms with Gasteiger partial charge in [0.25, 0.3) is 5.91 Å². The highest BCUT2D eigenvalue weighted by Crippen LogP contribution is 2.20. The molecule has 2 aromatic rings. The van der Waals surface area contributed by atoms with Crippen molar-refractivity contribution in [1.29, 1.82) is 0 Å². The minimum Gasteiger partial charge on any atom is -0.334 e. The van der Waals surface area contributed by atoms with Crippen LogP contribution in [0, 0.1) is 0 Å². The van der Waals surface area contributed by atoms with Crippen LogP contribution in [-0.4, -0.2) is 38.1 Å². The predicted molar refractivity (Wildman–Crippen MR) is 77.6 cm³/mol. The lowest BCUT2D eigenvalue weighted by Gasteiger charge is -2.12. The van der Waals surface area contributed by atoms with Crippen molar-refractivity contribution in [3.05, 3.63) is 35.7 Å². The van der Waals surface area contributed by atoms with E-state index in [1.54, 1.807) is 22.7 Å². The van der Waals surface area contributed by atoms with Crippen LogP contribution in [-0.2, 0) is 6.54 Å². The molecule has 0 unspecified atom stereocenters. The van der Waals surface area contributed by atoms with Gasteiger partial charge in [0.2, 0.25) is 0 Å². The fourth-order valence-electron chi connectivity index (χ4n) is 1.82. The van der Waals surface area contributed by atoms with Gasteiger partial charge in [-0.3, -0.25) is 4.79 Å². The molecule has 6 heteroatoms. The van der Waals surface area contributed by atoms with Gasteiger partial charge in [-0.15, -0.1) is 5.10 Å². The van der Waals surface area contributed by atoms with Crippen LogP contribution in [0.1, 0.15) is 43.9 Å². The number of carbonyl (C=O) groups excluding carboxylic acids is 1. The van der Waals surface area contributed by atoms with E-state index >= 15 is 0 Å². The van der Waals surface area contributed by atoms with Crippen LogP contribution >= 0.6 is 0 Å². The Hall–Kier alpha value is -2.24. The summed E-state index contributed by atoms with van der Waals surface area (Å²) in [6, 6.07) is 7.32. The second-order valence-electron chi connectivity index (χ2n) is 3.69. The van der Waals surface area contributed by atoms with E-state index in [1.807, 2.05) is 45.9 Å². The van der Waals surface area contributed by atoms with Crippen LogP contribution in [0.3, 0.4) is 0 Å². The molecule has 1 aromatic heterocycles. The third-order valence-corrected chi connectivity index (χ3v) is 2.62. The molecule has 1 amide bonds. The third kappa shape index (κ3) is 2.84. The molecule has 0 bridgehead atoms. The maximum absolute atomic E-state index is 12.0. The van der Waals surface area contributed by atoms with E-state index in [2.05, 4.69) is 15.5 Å². The van der Waals surface area contributed by atoms with E-state index < -0.39 is 0 Å². The molecule has 1 aliphatic rings. The molecule has 0 saturated carbocycles. The standard InChI is InChI=1S/C10H9N5O.2C2H6/c1-14-6-9-11-12-13-15(9)8-5-3-2-4-7(8)10(14)16;2*1-2/h2-5H,6H2,1H3;2*1-2H3. The first-order chi connectivity index (χ1) is 9.77. The molecule has 0 saturated heterocycles. The first-order valence-corrected chi connectivity index (χ1v) is 6.89. The number of benzene rings is 1. The largest absolute Gasteiger partial charge is 0.334 e. The molecular formula is C14H21N5O. The molecule has 0 radical (unpaired) electrons. The van der Waals surface area contributed by atoms with Crippen molar-refractivity contribution >= 4 is 5.91 Å². The summed E-state index contributed by atoms with van der Waals surface area (Å²) in [5.41, 5.74) is 1.35. The summed E-state index contributed by atoms with van der Waals surface area (Å²) < 4.78 is 1.61. The van der Waals surface area contributed by atoms with Crippen LogP contribution in [0.15, 0.2) is 24.3 Å². The lowest BCUT2D eigenvalue weighted by Crippen LogP contribution is -2.25. The van der Waals surface area contributed by atoms with Gasteiger partial charge in [-0.2, -0.15) is 4.68 Å². The van der Waals surface area contributed by atoms with Crippen LogP contribution in [0.5, 0.6) is 0 Å². The smallest absolute Gasteiger partial charge is 0.256 e. The molecule has 0 fully saturated rings. The predicted octanol–water partition coefficient (Wildman–Crippen LogP) is 2.30. The number of tetrazole rings is 1. The summed E-state index contributed by atoms with van der Waals surface area (Å²) in [5.74, 6) is 0.642. The molecule has 0 atom stereocenters. The fourth-order valence-corrected chi connectivity index (χ4v) is 1.82. The van der Waals surface area contributed by atoms with Crippen molar-refractivity contribution in [2.45, 2.75) is 34.2 Å². The normalized spacial score (nSPS) is 12.1. The van der Waals surface area contributed by atoms with Crippen molar-refractivity contribution in [2.75, 3.05) is 7.05 Å². The van der Waals surface area contributed by atoms with Crippen LogP contribution < -0.4 is 0 Å². The Labute approximate surface area is 119 Å². The molecule has 0 N–H and O–H groups in total. The van der Waals surface area contributed by atoms with Crippen molar-refractivity contribution in [2.24, 2.45) is 0 Å². The minimum absolute atomic E-state index is 0.0251. The summed E-state index contributed by atoms with van der Waals surface area (Å²) >= 11 is 0. The number of para-hydroxylation sites is 1. The average Bonchev–Trinajstić information content (AvgIpc) is 2.95. The molecule has 1 aromatic carbocycles. The molecule has 3 rings (SSSR count). The number of fused-ring (bicyclic) bond motifs is 3. The number of carbonyl (C=O) groups is 1. The first-order valence-electron chi connectivity index (χ1n) is 6.89. The van der Waals surface area contributed by atoms with E-state index in [4.69, 9.17) is 0 Å². The van der Waals surface area contributed by atoms with Gasteiger partial charge in [0.1, 0.15) is 0 Å². The molecule has 20 heavy (non-hydrogen) atoms. The summed E-state index contributed by atoms with van der Waals surface area (Å²) in [5, 5.41) is 11.4. The van der Waals surface area contributed by atoms with Gasteiger partial charge in [-0.25, -0.2) is 0 Å². The zero-order valence-electron chi connectivity index (χ0n) is 12.7. The number of aromatic nitrogens is 4. The molecule has 1 aliphatic heterocycles. The van der Waals surface area contributed by atoms with E-state index in [-0.39, 0.29) is 5.91 Å². The lowest BCUT2D eigenvalue weighted by atomic mass is 10.1. The van der Waals surface area contributed by atoms with Crippen LogP contribution in [0.4, 0.5) is 0 Å². The maximum Gasteiger partial charge on any atom is 0.256 e. The molecule has 2 heterocycles. The van der Waals surface area contributed by atoms with Crippen molar-refractivity contribution in [1.82, 2.24) is 25.1 Å². The van der Waals surface area contributed by atoms with Gasteiger partial charge in [-0.1, -0.05) is 39.8 Å². The number of nitrogens with zero attached hydrogens (tertiary/aromatic N) is 5. The second kappa shape index (κ2) is 7.37. The van der Waals surface area contributed by atoms with Gasteiger partial charge in [-0.05, 0) is 22.6 Å². The quantitative estimate of drug-likeness (QED) is 0.740. The zero-order valence-corrected chi connectivity index (χ0v) is 12.7.